The maximum absolute atomic E-state index is 13.1. The topological polar surface area (TPSA) is 24.1 Å². The second-order valence-corrected chi connectivity index (χ2v) is 6.32. The van der Waals surface area contributed by atoms with E-state index in [9.17, 15) is 4.39 Å². The molecule has 2 nitrogen and oxygen atoms in total. The number of hydrogen-bond acceptors (Lipinski definition) is 1. The van der Waals surface area contributed by atoms with Crippen LogP contribution in [0.15, 0.2) is 18.2 Å². The van der Waals surface area contributed by atoms with Crippen molar-refractivity contribution in [2.24, 2.45) is 11.8 Å². The summed E-state index contributed by atoms with van der Waals surface area (Å²) in [4.78, 5) is 0. The van der Waals surface area contributed by atoms with Crippen molar-refractivity contribution in [2.45, 2.75) is 31.7 Å². The summed E-state index contributed by atoms with van der Waals surface area (Å²) >= 11 is 11.0. The first-order valence-corrected chi connectivity index (χ1v) is 7.43. The van der Waals surface area contributed by atoms with E-state index in [2.05, 4.69) is 10.6 Å². The Kier molecular flexibility index (Phi) is 3.63. The van der Waals surface area contributed by atoms with E-state index in [1.807, 2.05) is 0 Å². The number of fused-ring (bicyclic) bond motifs is 2. The predicted octanol–water partition coefficient (Wildman–Crippen LogP) is 3.95. The lowest BCUT2D eigenvalue weighted by Crippen LogP contribution is -2.40. The van der Waals surface area contributed by atoms with Crippen molar-refractivity contribution in [3.05, 3.63) is 29.0 Å². The SMILES string of the molecule is Fc1ccc(NC(=S)N[C@@H]2C[C@H]3CC[C@H]2C3)cc1Cl. The normalized spacial score (nSPS) is 28.4. The van der Waals surface area contributed by atoms with Crippen molar-refractivity contribution < 1.29 is 4.39 Å². The van der Waals surface area contributed by atoms with Gasteiger partial charge in [-0.15, -0.1) is 0 Å². The van der Waals surface area contributed by atoms with Crippen LogP contribution in [0.25, 0.3) is 0 Å². The molecule has 19 heavy (non-hydrogen) atoms. The molecule has 102 valence electrons. The first-order chi connectivity index (χ1) is 9.11. The molecule has 3 rings (SSSR count). The Balaban J connectivity index is 1.57. The maximum atomic E-state index is 13.1. The van der Waals surface area contributed by atoms with Gasteiger partial charge in [0.2, 0.25) is 0 Å². The van der Waals surface area contributed by atoms with Crippen LogP contribution in [-0.4, -0.2) is 11.2 Å². The zero-order valence-electron chi connectivity index (χ0n) is 10.5. The summed E-state index contributed by atoms with van der Waals surface area (Å²) in [6.45, 7) is 0. The van der Waals surface area contributed by atoms with Crippen LogP contribution < -0.4 is 10.6 Å². The zero-order valence-corrected chi connectivity index (χ0v) is 12.0. The highest BCUT2D eigenvalue weighted by molar-refractivity contribution is 7.80. The molecule has 0 saturated heterocycles. The molecule has 0 aromatic heterocycles. The average molecular weight is 299 g/mol. The lowest BCUT2D eigenvalue weighted by atomic mass is 9.96. The standard InChI is InChI=1S/C14H16ClFN2S/c15-11-7-10(3-4-12(11)16)17-14(19)18-13-6-8-1-2-9(13)5-8/h3-4,7-9,13H,1-2,5-6H2,(H2,17,18,19)/t8-,9-,13+/m0/s1. The molecule has 2 fully saturated rings. The van der Waals surface area contributed by atoms with Crippen LogP contribution in [-0.2, 0) is 0 Å². The Hall–Kier alpha value is -0.870. The van der Waals surface area contributed by atoms with Gasteiger partial charge in [0.1, 0.15) is 5.82 Å². The minimum absolute atomic E-state index is 0.104. The van der Waals surface area contributed by atoms with E-state index in [1.165, 1.54) is 31.7 Å². The van der Waals surface area contributed by atoms with Crippen LogP contribution in [0.4, 0.5) is 10.1 Å². The van der Waals surface area contributed by atoms with Crippen molar-refractivity contribution in [3.8, 4) is 0 Å². The molecule has 5 heteroatoms. The first kappa shape index (κ1) is 13.1. The quantitative estimate of drug-likeness (QED) is 0.808. The molecule has 2 saturated carbocycles. The molecule has 0 spiro atoms. The van der Waals surface area contributed by atoms with Gasteiger partial charge in [0.05, 0.1) is 5.02 Å². The Morgan fingerprint density at radius 1 is 1.32 bits per heavy atom. The minimum atomic E-state index is -0.417. The first-order valence-electron chi connectivity index (χ1n) is 6.64. The second kappa shape index (κ2) is 5.25. The second-order valence-electron chi connectivity index (χ2n) is 5.51. The smallest absolute Gasteiger partial charge is 0.171 e. The highest BCUT2D eigenvalue weighted by atomic mass is 35.5. The van der Waals surface area contributed by atoms with Gasteiger partial charge in [-0.25, -0.2) is 4.39 Å². The summed E-state index contributed by atoms with van der Waals surface area (Å²) in [5.41, 5.74) is 0.715. The van der Waals surface area contributed by atoms with E-state index < -0.39 is 5.82 Å². The van der Waals surface area contributed by atoms with Crippen molar-refractivity contribution >= 4 is 34.6 Å². The fourth-order valence-corrected chi connectivity index (χ4v) is 3.78. The molecule has 2 bridgehead atoms. The van der Waals surface area contributed by atoms with Gasteiger partial charge in [-0.05, 0) is 61.5 Å². The lowest BCUT2D eigenvalue weighted by molar-refractivity contribution is 0.392. The molecule has 0 radical (unpaired) electrons. The predicted molar refractivity (Wildman–Crippen MR) is 80.0 cm³/mol. The number of hydrogen-bond donors (Lipinski definition) is 2. The molecular weight excluding hydrogens is 283 g/mol. The number of thiocarbonyl (C=S) groups is 1. The summed E-state index contributed by atoms with van der Waals surface area (Å²) < 4.78 is 13.1. The average Bonchev–Trinajstić information content (AvgIpc) is 2.96. The third kappa shape index (κ3) is 2.84. The highest BCUT2D eigenvalue weighted by Crippen LogP contribution is 2.44. The van der Waals surface area contributed by atoms with Gasteiger partial charge in [-0.2, -0.15) is 0 Å². The van der Waals surface area contributed by atoms with Crippen LogP contribution >= 0.6 is 23.8 Å². The Labute approximate surface area is 122 Å². The van der Waals surface area contributed by atoms with Crippen LogP contribution in [0.3, 0.4) is 0 Å². The van der Waals surface area contributed by atoms with Gasteiger partial charge >= 0.3 is 0 Å². The van der Waals surface area contributed by atoms with E-state index in [0.717, 1.165) is 11.8 Å². The van der Waals surface area contributed by atoms with Crippen LogP contribution in [0, 0.1) is 17.7 Å². The highest BCUT2D eigenvalue weighted by Gasteiger charge is 2.39. The molecule has 0 unspecified atom stereocenters. The van der Waals surface area contributed by atoms with Crippen molar-refractivity contribution in [2.75, 3.05) is 5.32 Å². The van der Waals surface area contributed by atoms with Gasteiger partial charge < -0.3 is 10.6 Å². The summed E-state index contributed by atoms with van der Waals surface area (Å²) in [5.74, 6) is 1.23. The molecule has 0 heterocycles. The van der Waals surface area contributed by atoms with Crippen molar-refractivity contribution in [3.63, 3.8) is 0 Å². The van der Waals surface area contributed by atoms with Gasteiger partial charge in [0.15, 0.2) is 5.11 Å². The molecule has 0 aliphatic heterocycles. The van der Waals surface area contributed by atoms with E-state index in [0.29, 0.717) is 16.8 Å². The molecule has 3 atom stereocenters. The van der Waals surface area contributed by atoms with Crippen LogP contribution in [0.2, 0.25) is 5.02 Å². The fourth-order valence-electron chi connectivity index (χ4n) is 3.33. The summed E-state index contributed by atoms with van der Waals surface area (Å²) in [7, 11) is 0. The van der Waals surface area contributed by atoms with Gasteiger partial charge in [-0.3, -0.25) is 0 Å². The molecule has 2 aliphatic rings. The molecule has 0 amide bonds. The third-order valence-corrected chi connectivity index (χ3v) is 4.74. The largest absolute Gasteiger partial charge is 0.359 e. The summed E-state index contributed by atoms with van der Waals surface area (Å²) in [6, 6.07) is 5.02. The monoisotopic (exact) mass is 298 g/mol. The Morgan fingerprint density at radius 3 is 2.79 bits per heavy atom. The summed E-state index contributed by atoms with van der Waals surface area (Å²) in [5, 5.41) is 7.14. The molecule has 2 N–H and O–H groups in total. The lowest BCUT2D eigenvalue weighted by Gasteiger charge is -2.24. The van der Waals surface area contributed by atoms with Crippen molar-refractivity contribution in [1.29, 1.82) is 0 Å². The number of benzene rings is 1. The summed E-state index contributed by atoms with van der Waals surface area (Å²) in [6.07, 6.45) is 5.24. The molecule has 2 aliphatic carbocycles. The number of rotatable bonds is 2. The van der Waals surface area contributed by atoms with E-state index >= 15 is 0 Å². The zero-order chi connectivity index (χ0) is 13.4. The number of halogens is 2. The molecule has 1 aromatic carbocycles. The Morgan fingerprint density at radius 2 is 2.16 bits per heavy atom. The van der Waals surface area contributed by atoms with Gasteiger partial charge in [-0.1, -0.05) is 18.0 Å². The number of nitrogens with one attached hydrogen (secondary N) is 2. The minimum Gasteiger partial charge on any atom is -0.359 e. The van der Waals surface area contributed by atoms with Gasteiger partial charge in [0, 0.05) is 11.7 Å². The molecular formula is C14H16ClFN2S. The number of anilines is 1. The Bertz CT molecular complexity index is 508. The fraction of sp³-hybridized carbons (Fsp3) is 0.500. The van der Waals surface area contributed by atoms with E-state index in [-0.39, 0.29) is 5.02 Å². The van der Waals surface area contributed by atoms with E-state index in [1.54, 1.807) is 12.1 Å². The maximum Gasteiger partial charge on any atom is 0.171 e. The van der Waals surface area contributed by atoms with E-state index in [4.69, 9.17) is 23.8 Å². The molecule has 1 aromatic rings. The van der Waals surface area contributed by atoms with Crippen molar-refractivity contribution in [1.82, 2.24) is 5.32 Å². The third-order valence-electron chi connectivity index (χ3n) is 4.23. The van der Waals surface area contributed by atoms with Crippen LogP contribution in [0.5, 0.6) is 0 Å². The van der Waals surface area contributed by atoms with Crippen LogP contribution in [0.1, 0.15) is 25.7 Å². The van der Waals surface area contributed by atoms with Gasteiger partial charge in [0.25, 0.3) is 0 Å².